The average molecular weight is 464 g/mol. The van der Waals surface area contributed by atoms with Crippen LogP contribution in [0.1, 0.15) is 15.9 Å². The van der Waals surface area contributed by atoms with E-state index >= 15 is 0 Å². The molecule has 5 rings (SSSR count). The van der Waals surface area contributed by atoms with Crippen molar-refractivity contribution in [3.8, 4) is 28.1 Å². The summed E-state index contributed by atoms with van der Waals surface area (Å²) in [7, 11) is 0. The van der Waals surface area contributed by atoms with Gasteiger partial charge in [-0.1, -0.05) is 54.6 Å². The molecule has 5 aromatic rings. The fourth-order valence-electron chi connectivity index (χ4n) is 3.94. The monoisotopic (exact) mass is 463 g/mol. The van der Waals surface area contributed by atoms with Crippen molar-refractivity contribution in [3.05, 3.63) is 102 Å². The molecule has 0 bridgehead atoms. The molecule has 0 radical (unpaired) electrons. The lowest BCUT2D eigenvalue weighted by molar-refractivity contribution is 0.0955. The zero-order valence-corrected chi connectivity index (χ0v) is 19.3. The van der Waals surface area contributed by atoms with Crippen LogP contribution >= 0.6 is 0 Å². The molecule has 0 aliphatic carbocycles. The van der Waals surface area contributed by atoms with Gasteiger partial charge in [-0.25, -0.2) is 4.98 Å². The third-order valence-electron chi connectivity index (χ3n) is 5.80. The van der Waals surface area contributed by atoms with E-state index < -0.39 is 0 Å². The van der Waals surface area contributed by atoms with Crippen molar-refractivity contribution < 1.29 is 9.90 Å². The Balaban J connectivity index is 1.25. The number of amides is 1. The highest BCUT2D eigenvalue weighted by Gasteiger charge is 2.13. The van der Waals surface area contributed by atoms with Crippen LogP contribution in [-0.4, -0.2) is 38.7 Å². The molecule has 7 heteroatoms. The number of carbonyl (C=O) groups excluding carboxylic acids is 1. The van der Waals surface area contributed by atoms with Gasteiger partial charge in [0.05, 0.1) is 11.9 Å². The van der Waals surface area contributed by atoms with Gasteiger partial charge in [0.15, 0.2) is 5.65 Å². The van der Waals surface area contributed by atoms with Gasteiger partial charge in [0, 0.05) is 35.8 Å². The topological polar surface area (TPSA) is 91.5 Å². The molecule has 3 aromatic carbocycles. The minimum Gasteiger partial charge on any atom is -0.507 e. The number of rotatable bonds is 7. The zero-order chi connectivity index (χ0) is 24.2. The maximum atomic E-state index is 12.6. The summed E-state index contributed by atoms with van der Waals surface area (Å²) >= 11 is 0. The van der Waals surface area contributed by atoms with Crippen molar-refractivity contribution in [1.82, 2.24) is 19.9 Å². The van der Waals surface area contributed by atoms with Crippen molar-refractivity contribution in [2.75, 3.05) is 18.4 Å². The van der Waals surface area contributed by atoms with Crippen LogP contribution in [0.3, 0.4) is 0 Å². The maximum absolute atomic E-state index is 12.6. The van der Waals surface area contributed by atoms with E-state index in [0.717, 1.165) is 22.5 Å². The number of hydrogen-bond acceptors (Lipinski definition) is 5. The van der Waals surface area contributed by atoms with Crippen molar-refractivity contribution >= 4 is 17.4 Å². The lowest BCUT2D eigenvalue weighted by atomic mass is 10.0. The normalized spacial score (nSPS) is 10.9. The third kappa shape index (κ3) is 4.70. The molecular weight excluding hydrogens is 438 g/mol. The van der Waals surface area contributed by atoms with Gasteiger partial charge in [0.25, 0.3) is 5.91 Å². The molecule has 0 unspecified atom stereocenters. The van der Waals surface area contributed by atoms with Crippen LogP contribution in [-0.2, 0) is 0 Å². The standard InChI is InChI=1S/C28H25N5O2/c1-19-18-31-33-26(17-24(32-27(19)33)23-9-5-6-10-25(23)34)29-15-16-30-28(35)22-13-11-21(12-14-22)20-7-3-2-4-8-20/h2-14,17-18,29,34H,15-16H2,1H3,(H,30,35). The molecule has 1 amide bonds. The van der Waals surface area contributed by atoms with Gasteiger partial charge in [-0.2, -0.15) is 9.61 Å². The second kappa shape index (κ2) is 9.69. The minimum absolute atomic E-state index is 0.129. The molecule has 0 spiro atoms. The van der Waals surface area contributed by atoms with Crippen molar-refractivity contribution in [3.63, 3.8) is 0 Å². The van der Waals surface area contributed by atoms with Crippen LogP contribution in [0.2, 0.25) is 0 Å². The van der Waals surface area contributed by atoms with Crippen LogP contribution in [0, 0.1) is 6.92 Å². The zero-order valence-electron chi connectivity index (χ0n) is 19.3. The number of fused-ring (bicyclic) bond motifs is 1. The molecule has 0 aliphatic heterocycles. The van der Waals surface area contributed by atoms with Gasteiger partial charge in [-0.15, -0.1) is 0 Å². The van der Waals surface area contributed by atoms with Gasteiger partial charge in [0.1, 0.15) is 11.6 Å². The van der Waals surface area contributed by atoms with Crippen LogP contribution < -0.4 is 10.6 Å². The van der Waals surface area contributed by atoms with Crippen molar-refractivity contribution in [2.45, 2.75) is 6.92 Å². The Bertz CT molecular complexity index is 1480. The molecule has 2 heterocycles. The van der Waals surface area contributed by atoms with Crippen LogP contribution in [0.15, 0.2) is 91.1 Å². The number of phenolic OH excluding ortho intramolecular Hbond substituents is 1. The number of aromatic hydroxyl groups is 1. The molecule has 35 heavy (non-hydrogen) atoms. The van der Waals surface area contributed by atoms with Gasteiger partial charge in [-0.3, -0.25) is 4.79 Å². The first-order chi connectivity index (χ1) is 17.1. The van der Waals surface area contributed by atoms with Gasteiger partial charge >= 0.3 is 0 Å². The predicted molar refractivity (Wildman–Crippen MR) is 138 cm³/mol. The molecule has 0 saturated heterocycles. The van der Waals surface area contributed by atoms with E-state index in [1.807, 2.05) is 79.7 Å². The molecule has 174 valence electrons. The first-order valence-corrected chi connectivity index (χ1v) is 11.4. The Morgan fingerprint density at radius 3 is 2.40 bits per heavy atom. The van der Waals surface area contributed by atoms with Crippen LogP contribution in [0.25, 0.3) is 28.0 Å². The smallest absolute Gasteiger partial charge is 0.251 e. The summed E-state index contributed by atoms with van der Waals surface area (Å²) in [6.45, 7) is 2.86. The minimum atomic E-state index is -0.129. The SMILES string of the molecule is Cc1cnn2c(NCCNC(=O)c3ccc(-c4ccccc4)cc3)cc(-c3ccccc3O)nc12. The Hall–Kier alpha value is -4.65. The van der Waals surface area contributed by atoms with Crippen molar-refractivity contribution in [2.24, 2.45) is 0 Å². The Kier molecular flexibility index (Phi) is 6.13. The van der Waals surface area contributed by atoms with E-state index in [1.54, 1.807) is 22.8 Å². The Morgan fingerprint density at radius 2 is 1.63 bits per heavy atom. The summed E-state index contributed by atoms with van der Waals surface area (Å²) in [6.07, 6.45) is 1.75. The number of aryl methyl sites for hydroxylation is 1. The van der Waals surface area contributed by atoms with Gasteiger partial charge in [0.2, 0.25) is 0 Å². The molecule has 0 saturated carbocycles. The molecule has 2 aromatic heterocycles. The average Bonchev–Trinajstić information content (AvgIpc) is 3.28. The summed E-state index contributed by atoms with van der Waals surface area (Å²) in [5.74, 6) is 0.761. The van der Waals surface area contributed by atoms with Gasteiger partial charge in [-0.05, 0) is 42.3 Å². The number of para-hydroxylation sites is 1. The number of carbonyl (C=O) groups is 1. The molecule has 7 nitrogen and oxygen atoms in total. The molecule has 0 atom stereocenters. The number of nitrogens with one attached hydrogen (secondary N) is 2. The molecule has 3 N–H and O–H groups in total. The summed E-state index contributed by atoms with van der Waals surface area (Å²) in [6, 6.07) is 26.6. The van der Waals surface area contributed by atoms with E-state index in [9.17, 15) is 9.90 Å². The molecular formula is C28H25N5O2. The number of nitrogens with zero attached hydrogens (tertiary/aromatic N) is 3. The highest BCUT2D eigenvalue weighted by molar-refractivity contribution is 5.94. The molecule has 0 fully saturated rings. The largest absolute Gasteiger partial charge is 0.507 e. The second-order valence-electron chi connectivity index (χ2n) is 8.23. The first kappa shape index (κ1) is 22.2. The molecule has 0 aliphatic rings. The number of aromatic nitrogens is 3. The number of phenols is 1. The predicted octanol–water partition coefficient (Wildman–Crippen LogP) is 4.92. The number of anilines is 1. The first-order valence-electron chi connectivity index (χ1n) is 11.4. The second-order valence-corrected chi connectivity index (χ2v) is 8.23. The third-order valence-corrected chi connectivity index (χ3v) is 5.80. The van der Waals surface area contributed by atoms with Crippen LogP contribution in [0.4, 0.5) is 5.82 Å². The van der Waals surface area contributed by atoms with Crippen LogP contribution in [0.5, 0.6) is 5.75 Å². The lowest BCUT2D eigenvalue weighted by Gasteiger charge is -2.12. The van der Waals surface area contributed by atoms with E-state index in [-0.39, 0.29) is 11.7 Å². The van der Waals surface area contributed by atoms with Crippen molar-refractivity contribution in [1.29, 1.82) is 0 Å². The van der Waals surface area contributed by atoms with E-state index in [0.29, 0.717) is 35.6 Å². The summed E-state index contributed by atoms with van der Waals surface area (Å²) in [4.78, 5) is 17.3. The fourth-order valence-corrected chi connectivity index (χ4v) is 3.94. The highest BCUT2D eigenvalue weighted by atomic mass is 16.3. The Morgan fingerprint density at radius 1 is 0.914 bits per heavy atom. The van der Waals surface area contributed by atoms with Gasteiger partial charge < -0.3 is 15.7 Å². The Labute approximate surface area is 203 Å². The number of benzene rings is 3. The summed E-state index contributed by atoms with van der Waals surface area (Å²) in [5.41, 5.74) is 5.72. The summed E-state index contributed by atoms with van der Waals surface area (Å²) in [5, 5.41) is 21.0. The fraction of sp³-hybridized carbons (Fsp3) is 0.107. The quantitative estimate of drug-likeness (QED) is 0.298. The maximum Gasteiger partial charge on any atom is 0.251 e. The summed E-state index contributed by atoms with van der Waals surface area (Å²) < 4.78 is 1.73. The number of hydrogen-bond donors (Lipinski definition) is 3. The lowest BCUT2D eigenvalue weighted by Crippen LogP contribution is -2.29. The van der Waals surface area contributed by atoms with E-state index in [2.05, 4.69) is 20.7 Å². The van der Waals surface area contributed by atoms with E-state index in [4.69, 9.17) is 0 Å². The van der Waals surface area contributed by atoms with E-state index in [1.165, 1.54) is 0 Å². The highest BCUT2D eigenvalue weighted by Crippen LogP contribution is 2.30.